The summed E-state index contributed by atoms with van der Waals surface area (Å²) in [5.74, 6) is 0.889. The predicted molar refractivity (Wildman–Crippen MR) is 152 cm³/mol. The van der Waals surface area contributed by atoms with Gasteiger partial charge >= 0.3 is 0 Å². The first-order valence-corrected chi connectivity index (χ1v) is 13.7. The summed E-state index contributed by atoms with van der Waals surface area (Å²) in [6, 6.07) is 16.9. The largest absolute Gasteiger partial charge is 0.396 e. The summed E-state index contributed by atoms with van der Waals surface area (Å²) in [5, 5.41) is 17.7. The minimum Gasteiger partial charge on any atom is -0.396 e. The van der Waals surface area contributed by atoms with Gasteiger partial charge in [0.2, 0.25) is 5.95 Å². The first kappa shape index (κ1) is 27.2. The Kier molecular flexibility index (Phi) is 8.54. The molecule has 4 aromatic rings. The third-order valence-electron chi connectivity index (χ3n) is 7.36. The Bertz CT molecular complexity index is 1400. The fourth-order valence-corrected chi connectivity index (χ4v) is 5.52. The van der Waals surface area contributed by atoms with E-state index in [1.807, 2.05) is 12.1 Å². The molecule has 208 valence electrons. The van der Waals surface area contributed by atoms with Crippen LogP contribution in [-0.2, 0) is 13.1 Å². The zero-order chi connectivity index (χ0) is 27.4. The van der Waals surface area contributed by atoms with Crippen molar-refractivity contribution in [1.82, 2.24) is 24.8 Å². The molecule has 1 atom stereocenters. The van der Waals surface area contributed by atoms with Gasteiger partial charge in [-0.2, -0.15) is 4.98 Å². The smallest absolute Gasteiger partial charge is 0.251 e. The zero-order valence-corrected chi connectivity index (χ0v) is 22.3. The van der Waals surface area contributed by atoms with Gasteiger partial charge in [-0.3, -0.25) is 4.90 Å². The Balaban J connectivity index is 1.42. The zero-order valence-electron chi connectivity index (χ0n) is 22.3. The van der Waals surface area contributed by atoms with E-state index in [0.717, 1.165) is 45.9 Å². The molecule has 1 aliphatic heterocycles. The fraction of sp³-hybridized carbons (Fsp3) is 0.448. The molecular weight excluding hydrogens is 500 g/mol. The number of benzene rings is 2. The van der Waals surface area contributed by atoms with Crippen molar-refractivity contribution in [3.63, 3.8) is 0 Å². The van der Waals surface area contributed by atoms with E-state index in [1.165, 1.54) is 0 Å². The SMILES string of the molecule is CCC[C@@H](CCO)Nc1nc(N)nc2c3ccccc3n(Cc3cccc(CNC4CN(CC(F)F)C4)c3)c12. The van der Waals surface area contributed by atoms with E-state index in [0.29, 0.717) is 38.4 Å². The Morgan fingerprint density at radius 3 is 2.64 bits per heavy atom. The molecule has 8 nitrogen and oxygen atoms in total. The summed E-state index contributed by atoms with van der Waals surface area (Å²) in [6.07, 6.45) is 0.224. The lowest BCUT2D eigenvalue weighted by Gasteiger charge is -2.39. The molecule has 2 aromatic heterocycles. The number of halogens is 2. The van der Waals surface area contributed by atoms with Crippen molar-refractivity contribution in [2.75, 3.05) is 37.3 Å². The van der Waals surface area contributed by atoms with E-state index in [4.69, 9.17) is 5.73 Å². The van der Waals surface area contributed by atoms with Crippen LogP contribution in [0.2, 0.25) is 0 Å². The Hall–Kier alpha value is -3.34. The average molecular weight is 538 g/mol. The number of nitrogens with zero attached hydrogens (tertiary/aromatic N) is 4. The highest BCUT2D eigenvalue weighted by molar-refractivity contribution is 6.09. The van der Waals surface area contributed by atoms with Crippen LogP contribution in [0.4, 0.5) is 20.5 Å². The molecule has 3 heterocycles. The maximum Gasteiger partial charge on any atom is 0.251 e. The molecule has 0 unspecified atom stereocenters. The number of fused-ring (bicyclic) bond motifs is 3. The number of aliphatic hydroxyl groups excluding tert-OH is 1. The lowest BCUT2D eigenvalue weighted by Crippen LogP contribution is -2.58. The van der Waals surface area contributed by atoms with Gasteiger partial charge in [-0.15, -0.1) is 0 Å². The van der Waals surface area contributed by atoms with Crippen LogP contribution < -0.4 is 16.4 Å². The quantitative estimate of drug-likeness (QED) is 0.203. The lowest BCUT2D eigenvalue weighted by molar-refractivity contribution is 0.0388. The van der Waals surface area contributed by atoms with Crippen LogP contribution >= 0.6 is 0 Å². The number of nitrogens with one attached hydrogen (secondary N) is 2. The first-order chi connectivity index (χ1) is 18.9. The van der Waals surface area contributed by atoms with E-state index >= 15 is 0 Å². The summed E-state index contributed by atoms with van der Waals surface area (Å²) in [7, 11) is 0. The van der Waals surface area contributed by atoms with Gasteiger partial charge < -0.3 is 26.0 Å². The molecule has 1 fully saturated rings. The number of likely N-dealkylation sites (tertiary alicyclic amines) is 1. The van der Waals surface area contributed by atoms with Crippen molar-refractivity contribution in [3.05, 3.63) is 59.7 Å². The second-order valence-electron chi connectivity index (χ2n) is 10.4. The van der Waals surface area contributed by atoms with E-state index in [-0.39, 0.29) is 31.2 Å². The van der Waals surface area contributed by atoms with Gasteiger partial charge in [0.05, 0.1) is 12.1 Å². The second-order valence-corrected chi connectivity index (χ2v) is 10.4. The maximum absolute atomic E-state index is 12.6. The Morgan fingerprint density at radius 2 is 1.87 bits per heavy atom. The standard InChI is InChI=1S/C29H37F2N7O/c1-2-6-21(11-12-39)34-28-27-26(35-29(32)36-28)23-9-3-4-10-24(23)38(27)15-20-8-5-7-19(13-20)14-33-22-16-37(17-22)18-25(30)31/h3-5,7-10,13,21-22,25,33,39H,2,6,11-12,14-18H2,1H3,(H3,32,34,35,36)/t21-/m0/s1. The minimum absolute atomic E-state index is 0.0708. The van der Waals surface area contributed by atoms with Crippen molar-refractivity contribution in [1.29, 1.82) is 0 Å². The molecule has 0 bridgehead atoms. The van der Waals surface area contributed by atoms with Gasteiger partial charge in [-0.1, -0.05) is 55.8 Å². The number of aromatic nitrogens is 3. The summed E-state index contributed by atoms with van der Waals surface area (Å²) >= 11 is 0. The second kappa shape index (κ2) is 12.2. The number of anilines is 2. The molecule has 5 rings (SSSR count). The number of hydrogen-bond donors (Lipinski definition) is 4. The van der Waals surface area contributed by atoms with Gasteiger partial charge in [-0.05, 0) is 30.0 Å². The topological polar surface area (TPSA) is 104 Å². The van der Waals surface area contributed by atoms with Crippen LogP contribution in [0.1, 0.15) is 37.3 Å². The van der Waals surface area contributed by atoms with Crippen LogP contribution in [0.15, 0.2) is 48.5 Å². The summed E-state index contributed by atoms with van der Waals surface area (Å²) in [4.78, 5) is 11.0. The van der Waals surface area contributed by atoms with Crippen molar-refractivity contribution >= 4 is 33.7 Å². The fourth-order valence-electron chi connectivity index (χ4n) is 5.52. The molecule has 5 N–H and O–H groups in total. The molecule has 1 aliphatic rings. The molecule has 10 heteroatoms. The van der Waals surface area contributed by atoms with Crippen LogP contribution in [0, 0.1) is 0 Å². The number of aliphatic hydroxyl groups is 1. The van der Waals surface area contributed by atoms with Crippen molar-refractivity contribution in [3.8, 4) is 0 Å². The normalized spacial score (nSPS) is 15.3. The van der Waals surface area contributed by atoms with Crippen LogP contribution in [0.5, 0.6) is 0 Å². The molecule has 39 heavy (non-hydrogen) atoms. The van der Waals surface area contributed by atoms with Crippen LogP contribution in [0.3, 0.4) is 0 Å². The average Bonchev–Trinajstić information content (AvgIpc) is 3.19. The summed E-state index contributed by atoms with van der Waals surface area (Å²) in [5.41, 5.74) is 11.2. The number of hydrogen-bond acceptors (Lipinski definition) is 7. The van der Waals surface area contributed by atoms with Crippen LogP contribution in [-0.4, -0.2) is 69.3 Å². The van der Waals surface area contributed by atoms with E-state index in [9.17, 15) is 13.9 Å². The molecule has 2 aromatic carbocycles. The van der Waals surface area contributed by atoms with E-state index in [1.54, 1.807) is 4.90 Å². The molecule has 0 amide bonds. The van der Waals surface area contributed by atoms with Gasteiger partial charge in [-0.25, -0.2) is 13.8 Å². The molecule has 0 saturated carbocycles. The summed E-state index contributed by atoms with van der Waals surface area (Å²) < 4.78 is 27.4. The van der Waals surface area contributed by atoms with Crippen molar-refractivity contribution < 1.29 is 13.9 Å². The van der Waals surface area contributed by atoms with Crippen molar-refractivity contribution in [2.24, 2.45) is 0 Å². The monoisotopic (exact) mass is 537 g/mol. The predicted octanol–water partition coefficient (Wildman–Crippen LogP) is 4.22. The lowest BCUT2D eigenvalue weighted by atomic mass is 10.1. The van der Waals surface area contributed by atoms with Gasteiger partial charge in [0.1, 0.15) is 11.0 Å². The van der Waals surface area contributed by atoms with Crippen molar-refractivity contribution in [2.45, 2.75) is 57.8 Å². The molecule has 1 saturated heterocycles. The molecular formula is C29H37F2N7O. The maximum atomic E-state index is 12.6. The molecule has 0 spiro atoms. The van der Waals surface area contributed by atoms with Gasteiger partial charge in [0.15, 0.2) is 5.82 Å². The number of para-hydroxylation sites is 1. The Morgan fingerprint density at radius 1 is 1.08 bits per heavy atom. The molecule has 0 aliphatic carbocycles. The summed E-state index contributed by atoms with van der Waals surface area (Å²) in [6.45, 7) is 4.66. The minimum atomic E-state index is -2.28. The number of alkyl halides is 2. The highest BCUT2D eigenvalue weighted by atomic mass is 19.3. The number of nitrogens with two attached hydrogens (primary N) is 1. The third kappa shape index (κ3) is 6.29. The van der Waals surface area contributed by atoms with E-state index < -0.39 is 6.43 Å². The number of rotatable bonds is 13. The molecule has 0 radical (unpaired) electrons. The highest BCUT2D eigenvalue weighted by Crippen LogP contribution is 2.33. The Labute approximate surface area is 227 Å². The first-order valence-electron chi connectivity index (χ1n) is 13.7. The van der Waals surface area contributed by atoms with Crippen LogP contribution in [0.25, 0.3) is 21.9 Å². The van der Waals surface area contributed by atoms with E-state index in [2.05, 4.69) is 68.5 Å². The number of nitrogen functional groups attached to an aromatic ring is 1. The van der Waals surface area contributed by atoms with Gasteiger partial charge in [0.25, 0.3) is 6.43 Å². The third-order valence-corrected chi connectivity index (χ3v) is 7.36. The van der Waals surface area contributed by atoms with Gasteiger partial charge in [0, 0.05) is 50.3 Å². The highest BCUT2D eigenvalue weighted by Gasteiger charge is 2.28.